The van der Waals surface area contributed by atoms with E-state index in [-0.39, 0.29) is 5.54 Å². The van der Waals surface area contributed by atoms with Gasteiger partial charge >= 0.3 is 0 Å². The summed E-state index contributed by atoms with van der Waals surface area (Å²) in [4.78, 5) is 11.6. The standard InChI is InChI=1S/C16H28N4/c1-5-20(14-8-6-7-9-14)15-12-17-10-13(19-15)11-18-16(2,3)4/h10,12,14,18H,5-9,11H2,1-4H3. The third-order valence-corrected chi connectivity index (χ3v) is 3.87. The van der Waals surface area contributed by atoms with Crippen molar-refractivity contribution in [3.05, 3.63) is 18.1 Å². The second-order valence-electron chi connectivity index (χ2n) is 6.70. The molecular weight excluding hydrogens is 248 g/mol. The Morgan fingerprint density at radius 1 is 1.25 bits per heavy atom. The summed E-state index contributed by atoms with van der Waals surface area (Å²) in [5, 5.41) is 3.47. The van der Waals surface area contributed by atoms with Crippen LogP contribution in [0, 0.1) is 0 Å². The van der Waals surface area contributed by atoms with Gasteiger partial charge in [-0.05, 0) is 40.5 Å². The van der Waals surface area contributed by atoms with E-state index in [2.05, 4.69) is 42.9 Å². The van der Waals surface area contributed by atoms with E-state index in [1.807, 2.05) is 12.4 Å². The first kappa shape index (κ1) is 15.2. The van der Waals surface area contributed by atoms with Crippen LogP contribution in [-0.2, 0) is 6.54 Å². The summed E-state index contributed by atoms with van der Waals surface area (Å²) in [6.45, 7) is 10.5. The smallest absolute Gasteiger partial charge is 0.147 e. The molecule has 0 atom stereocenters. The number of nitrogens with zero attached hydrogens (tertiary/aromatic N) is 3. The van der Waals surface area contributed by atoms with Crippen molar-refractivity contribution in [2.24, 2.45) is 0 Å². The van der Waals surface area contributed by atoms with Crippen LogP contribution in [0.2, 0.25) is 0 Å². The van der Waals surface area contributed by atoms with Crippen LogP contribution in [0.15, 0.2) is 12.4 Å². The molecule has 0 saturated heterocycles. The summed E-state index contributed by atoms with van der Waals surface area (Å²) in [5.74, 6) is 1.03. The van der Waals surface area contributed by atoms with Crippen LogP contribution in [0.25, 0.3) is 0 Å². The van der Waals surface area contributed by atoms with Crippen molar-refractivity contribution >= 4 is 5.82 Å². The third-order valence-electron chi connectivity index (χ3n) is 3.87. The van der Waals surface area contributed by atoms with Crippen LogP contribution in [0.3, 0.4) is 0 Å². The molecule has 1 saturated carbocycles. The second kappa shape index (κ2) is 6.53. The predicted molar refractivity (Wildman–Crippen MR) is 83.9 cm³/mol. The molecule has 1 aliphatic rings. The van der Waals surface area contributed by atoms with Crippen molar-refractivity contribution in [2.75, 3.05) is 11.4 Å². The van der Waals surface area contributed by atoms with E-state index < -0.39 is 0 Å². The van der Waals surface area contributed by atoms with Crippen molar-refractivity contribution in [1.82, 2.24) is 15.3 Å². The van der Waals surface area contributed by atoms with E-state index >= 15 is 0 Å². The summed E-state index contributed by atoms with van der Waals surface area (Å²) >= 11 is 0. The number of hydrogen-bond donors (Lipinski definition) is 1. The van der Waals surface area contributed by atoms with Crippen LogP contribution < -0.4 is 10.2 Å². The molecule has 0 radical (unpaired) electrons. The zero-order valence-corrected chi connectivity index (χ0v) is 13.3. The van der Waals surface area contributed by atoms with E-state index in [1.165, 1.54) is 25.7 Å². The summed E-state index contributed by atoms with van der Waals surface area (Å²) in [6.07, 6.45) is 9.05. The Labute approximate surface area is 123 Å². The largest absolute Gasteiger partial charge is 0.353 e. The molecule has 20 heavy (non-hydrogen) atoms. The van der Waals surface area contributed by atoms with Crippen molar-refractivity contribution in [3.63, 3.8) is 0 Å². The lowest BCUT2D eigenvalue weighted by Crippen LogP contribution is -2.36. The molecule has 2 rings (SSSR count). The monoisotopic (exact) mass is 276 g/mol. The minimum atomic E-state index is 0.105. The van der Waals surface area contributed by atoms with Gasteiger partial charge in [-0.1, -0.05) is 12.8 Å². The fourth-order valence-corrected chi connectivity index (χ4v) is 2.80. The molecule has 1 heterocycles. The summed E-state index contributed by atoms with van der Waals surface area (Å²) < 4.78 is 0. The first-order chi connectivity index (χ1) is 9.49. The van der Waals surface area contributed by atoms with Crippen LogP contribution in [-0.4, -0.2) is 28.1 Å². The Morgan fingerprint density at radius 2 is 1.95 bits per heavy atom. The molecule has 0 spiro atoms. The van der Waals surface area contributed by atoms with Gasteiger partial charge in [0, 0.05) is 30.9 Å². The molecule has 0 amide bonds. The maximum atomic E-state index is 4.79. The zero-order valence-electron chi connectivity index (χ0n) is 13.3. The first-order valence-electron chi connectivity index (χ1n) is 7.82. The maximum absolute atomic E-state index is 4.79. The molecule has 112 valence electrons. The Morgan fingerprint density at radius 3 is 2.55 bits per heavy atom. The van der Waals surface area contributed by atoms with Gasteiger partial charge in [0.15, 0.2) is 0 Å². The molecule has 1 N–H and O–H groups in total. The number of hydrogen-bond acceptors (Lipinski definition) is 4. The quantitative estimate of drug-likeness (QED) is 0.897. The summed E-state index contributed by atoms with van der Waals surface area (Å²) in [6, 6.07) is 0.653. The lowest BCUT2D eigenvalue weighted by Gasteiger charge is -2.29. The van der Waals surface area contributed by atoms with E-state index in [4.69, 9.17) is 4.98 Å². The topological polar surface area (TPSA) is 41.1 Å². The maximum Gasteiger partial charge on any atom is 0.147 e. The van der Waals surface area contributed by atoms with Crippen LogP contribution in [0.4, 0.5) is 5.82 Å². The van der Waals surface area contributed by atoms with Gasteiger partial charge in [-0.15, -0.1) is 0 Å². The molecular formula is C16H28N4. The molecule has 1 aromatic rings. The molecule has 4 heteroatoms. The highest BCUT2D eigenvalue weighted by molar-refractivity contribution is 5.38. The van der Waals surface area contributed by atoms with E-state index in [0.29, 0.717) is 6.04 Å². The molecule has 0 bridgehead atoms. The lowest BCUT2D eigenvalue weighted by atomic mass is 10.1. The van der Waals surface area contributed by atoms with Crippen molar-refractivity contribution in [1.29, 1.82) is 0 Å². The highest BCUT2D eigenvalue weighted by Crippen LogP contribution is 2.26. The Bertz CT molecular complexity index is 419. The Hall–Kier alpha value is -1.16. The average molecular weight is 276 g/mol. The summed E-state index contributed by atoms with van der Waals surface area (Å²) in [7, 11) is 0. The number of aromatic nitrogens is 2. The predicted octanol–water partition coefficient (Wildman–Crippen LogP) is 3.13. The second-order valence-corrected chi connectivity index (χ2v) is 6.70. The Kier molecular flexibility index (Phi) is 4.97. The molecule has 1 aromatic heterocycles. The molecule has 4 nitrogen and oxygen atoms in total. The number of nitrogens with one attached hydrogen (secondary N) is 1. The van der Waals surface area contributed by atoms with Crippen LogP contribution in [0.1, 0.15) is 59.1 Å². The zero-order chi connectivity index (χ0) is 14.6. The van der Waals surface area contributed by atoms with Gasteiger partial charge in [-0.25, -0.2) is 4.98 Å². The highest BCUT2D eigenvalue weighted by atomic mass is 15.2. The molecule has 0 aliphatic heterocycles. The highest BCUT2D eigenvalue weighted by Gasteiger charge is 2.22. The number of anilines is 1. The van der Waals surface area contributed by atoms with E-state index in [1.54, 1.807) is 0 Å². The summed E-state index contributed by atoms with van der Waals surface area (Å²) in [5.41, 5.74) is 1.13. The van der Waals surface area contributed by atoms with E-state index in [0.717, 1.165) is 24.6 Å². The SMILES string of the molecule is CCN(c1cncc(CNC(C)(C)C)n1)C1CCCC1. The van der Waals surface area contributed by atoms with Gasteiger partial charge < -0.3 is 10.2 Å². The van der Waals surface area contributed by atoms with Gasteiger partial charge in [-0.2, -0.15) is 0 Å². The molecule has 1 aliphatic carbocycles. The van der Waals surface area contributed by atoms with Gasteiger partial charge in [-0.3, -0.25) is 4.98 Å². The normalized spacial score (nSPS) is 16.6. The van der Waals surface area contributed by atoms with Gasteiger partial charge in [0.1, 0.15) is 5.82 Å². The fraction of sp³-hybridized carbons (Fsp3) is 0.750. The van der Waals surface area contributed by atoms with Crippen LogP contribution in [0.5, 0.6) is 0 Å². The molecule has 0 unspecified atom stereocenters. The average Bonchev–Trinajstić information content (AvgIpc) is 2.91. The minimum Gasteiger partial charge on any atom is -0.353 e. The fourth-order valence-electron chi connectivity index (χ4n) is 2.80. The number of rotatable bonds is 5. The van der Waals surface area contributed by atoms with Crippen LogP contribution >= 0.6 is 0 Å². The lowest BCUT2D eigenvalue weighted by molar-refractivity contribution is 0.420. The van der Waals surface area contributed by atoms with Gasteiger partial charge in [0.2, 0.25) is 0 Å². The third kappa shape index (κ3) is 4.17. The molecule has 1 fully saturated rings. The van der Waals surface area contributed by atoms with Gasteiger partial charge in [0.05, 0.1) is 11.9 Å². The van der Waals surface area contributed by atoms with Crippen molar-refractivity contribution in [2.45, 2.75) is 71.5 Å². The van der Waals surface area contributed by atoms with Crippen molar-refractivity contribution in [3.8, 4) is 0 Å². The molecule has 0 aromatic carbocycles. The van der Waals surface area contributed by atoms with E-state index in [9.17, 15) is 0 Å². The minimum absolute atomic E-state index is 0.105. The first-order valence-corrected chi connectivity index (χ1v) is 7.82. The Balaban J connectivity index is 2.07. The van der Waals surface area contributed by atoms with Gasteiger partial charge in [0.25, 0.3) is 0 Å². The van der Waals surface area contributed by atoms with Crippen molar-refractivity contribution < 1.29 is 0 Å².